The van der Waals surface area contributed by atoms with E-state index in [1.807, 2.05) is 26.0 Å². The van der Waals surface area contributed by atoms with Crippen LogP contribution in [-0.2, 0) is 4.79 Å². The Morgan fingerprint density at radius 3 is 2.82 bits per heavy atom. The lowest BCUT2D eigenvalue weighted by molar-refractivity contribution is -0.117. The smallest absolute Gasteiger partial charge is 0.246 e. The third-order valence-electron chi connectivity index (χ3n) is 3.06. The molecule has 2 rings (SSSR count). The molecular formula is C13H15N3O. The maximum absolute atomic E-state index is 11.9. The maximum Gasteiger partial charge on any atom is 0.246 e. The van der Waals surface area contributed by atoms with E-state index in [4.69, 9.17) is 5.26 Å². The first-order chi connectivity index (χ1) is 8.15. The summed E-state index contributed by atoms with van der Waals surface area (Å²) in [5.74, 6) is -0.0321. The van der Waals surface area contributed by atoms with E-state index in [1.165, 1.54) is 0 Å². The number of carbonyl (C=O) groups is 1. The zero-order valence-electron chi connectivity index (χ0n) is 10.0. The van der Waals surface area contributed by atoms with Crippen LogP contribution in [0.25, 0.3) is 0 Å². The standard InChI is InChI=1S/C13H15N3O/c1-8-4-5-9(2)11-10(8)12(13(17)16-11)15-7-3-6-14/h4-5,12,15H,3,7H2,1-2H3,(H,16,17). The van der Waals surface area contributed by atoms with Gasteiger partial charge in [-0.3, -0.25) is 4.79 Å². The molecule has 88 valence electrons. The first-order valence-corrected chi connectivity index (χ1v) is 5.66. The van der Waals surface area contributed by atoms with Gasteiger partial charge in [-0.15, -0.1) is 0 Å². The first kappa shape index (κ1) is 11.6. The minimum absolute atomic E-state index is 0.0321. The number of carbonyl (C=O) groups excluding carboxylic acids is 1. The third kappa shape index (κ3) is 2.02. The quantitative estimate of drug-likeness (QED) is 0.777. The number of hydrogen-bond acceptors (Lipinski definition) is 3. The highest BCUT2D eigenvalue weighted by atomic mass is 16.2. The van der Waals surface area contributed by atoms with Crippen LogP contribution < -0.4 is 10.6 Å². The summed E-state index contributed by atoms with van der Waals surface area (Å²) < 4.78 is 0. The Balaban J connectivity index is 2.30. The van der Waals surface area contributed by atoms with Gasteiger partial charge in [0.25, 0.3) is 0 Å². The summed E-state index contributed by atoms with van der Waals surface area (Å²) in [6.45, 7) is 4.51. The molecule has 1 aliphatic heterocycles. The molecule has 0 aromatic heterocycles. The molecule has 0 bridgehead atoms. The fourth-order valence-corrected chi connectivity index (χ4v) is 2.16. The van der Waals surface area contributed by atoms with Crippen molar-refractivity contribution >= 4 is 11.6 Å². The van der Waals surface area contributed by atoms with Gasteiger partial charge in [0.2, 0.25) is 5.91 Å². The van der Waals surface area contributed by atoms with Gasteiger partial charge >= 0.3 is 0 Å². The molecule has 1 aliphatic rings. The summed E-state index contributed by atoms with van der Waals surface area (Å²) >= 11 is 0. The molecule has 4 nitrogen and oxygen atoms in total. The lowest BCUT2D eigenvalue weighted by Gasteiger charge is -2.12. The molecule has 0 fully saturated rings. The maximum atomic E-state index is 11.9. The average Bonchev–Trinajstić information content (AvgIpc) is 2.63. The zero-order chi connectivity index (χ0) is 12.4. The van der Waals surface area contributed by atoms with Gasteiger partial charge in [0.05, 0.1) is 6.07 Å². The Bertz CT molecular complexity index is 502. The van der Waals surface area contributed by atoms with Crippen LogP contribution in [0.1, 0.15) is 29.2 Å². The van der Waals surface area contributed by atoms with Crippen molar-refractivity contribution in [3.8, 4) is 6.07 Å². The summed E-state index contributed by atoms with van der Waals surface area (Å²) in [5, 5.41) is 14.5. The Kier molecular flexibility index (Phi) is 3.12. The summed E-state index contributed by atoms with van der Waals surface area (Å²) in [5.41, 5.74) is 4.11. The molecule has 0 aliphatic carbocycles. The average molecular weight is 229 g/mol. The number of amides is 1. The SMILES string of the molecule is Cc1ccc(C)c2c1NC(=O)C2NCCC#N. The lowest BCUT2D eigenvalue weighted by atomic mass is 9.99. The number of nitriles is 1. The van der Waals surface area contributed by atoms with Crippen LogP contribution in [0.3, 0.4) is 0 Å². The minimum Gasteiger partial charge on any atom is -0.324 e. The van der Waals surface area contributed by atoms with Gasteiger partial charge in [-0.25, -0.2) is 0 Å². The largest absolute Gasteiger partial charge is 0.324 e. The first-order valence-electron chi connectivity index (χ1n) is 5.66. The molecule has 1 unspecified atom stereocenters. The topological polar surface area (TPSA) is 64.9 Å². The van der Waals surface area contributed by atoms with Gasteiger partial charge in [-0.2, -0.15) is 5.26 Å². The normalized spacial score (nSPS) is 17.5. The van der Waals surface area contributed by atoms with Crippen LogP contribution in [-0.4, -0.2) is 12.5 Å². The number of aryl methyl sites for hydroxylation is 2. The molecule has 0 radical (unpaired) electrons. The van der Waals surface area contributed by atoms with Crippen molar-refractivity contribution in [3.05, 3.63) is 28.8 Å². The Morgan fingerprint density at radius 2 is 2.12 bits per heavy atom. The van der Waals surface area contributed by atoms with Gasteiger partial charge < -0.3 is 10.6 Å². The number of hydrogen-bond donors (Lipinski definition) is 2. The highest BCUT2D eigenvalue weighted by Gasteiger charge is 2.32. The van der Waals surface area contributed by atoms with E-state index in [1.54, 1.807) is 0 Å². The molecular weight excluding hydrogens is 214 g/mol. The molecule has 1 aromatic carbocycles. The summed E-state index contributed by atoms with van der Waals surface area (Å²) in [6, 6.07) is 5.77. The number of anilines is 1. The van der Waals surface area contributed by atoms with Crippen molar-refractivity contribution in [2.45, 2.75) is 26.3 Å². The van der Waals surface area contributed by atoms with Crippen molar-refractivity contribution in [2.24, 2.45) is 0 Å². The fourth-order valence-electron chi connectivity index (χ4n) is 2.16. The molecule has 1 amide bonds. The van der Waals surface area contributed by atoms with Gasteiger partial charge in [0, 0.05) is 24.2 Å². The zero-order valence-corrected chi connectivity index (χ0v) is 10.0. The van der Waals surface area contributed by atoms with E-state index in [2.05, 4.69) is 16.7 Å². The van der Waals surface area contributed by atoms with E-state index in [0.29, 0.717) is 13.0 Å². The highest BCUT2D eigenvalue weighted by Crippen LogP contribution is 2.35. The Labute approximate surface area is 101 Å². The second-order valence-corrected chi connectivity index (χ2v) is 4.27. The van der Waals surface area contributed by atoms with E-state index in [0.717, 1.165) is 22.4 Å². The van der Waals surface area contributed by atoms with E-state index in [-0.39, 0.29) is 11.9 Å². The van der Waals surface area contributed by atoms with Crippen LogP contribution >= 0.6 is 0 Å². The number of fused-ring (bicyclic) bond motifs is 1. The van der Waals surface area contributed by atoms with Crippen molar-refractivity contribution in [1.29, 1.82) is 5.26 Å². The van der Waals surface area contributed by atoms with Crippen molar-refractivity contribution in [2.75, 3.05) is 11.9 Å². The van der Waals surface area contributed by atoms with E-state index < -0.39 is 0 Å². The highest BCUT2D eigenvalue weighted by molar-refractivity contribution is 6.03. The minimum atomic E-state index is -0.321. The van der Waals surface area contributed by atoms with Crippen LogP contribution in [0.15, 0.2) is 12.1 Å². The van der Waals surface area contributed by atoms with Gasteiger partial charge in [-0.1, -0.05) is 12.1 Å². The van der Waals surface area contributed by atoms with Crippen LogP contribution in [0.2, 0.25) is 0 Å². The molecule has 0 saturated heterocycles. The molecule has 2 N–H and O–H groups in total. The van der Waals surface area contributed by atoms with Crippen LogP contribution in [0.5, 0.6) is 0 Å². The van der Waals surface area contributed by atoms with Gasteiger partial charge in [0.1, 0.15) is 6.04 Å². The second-order valence-electron chi connectivity index (χ2n) is 4.27. The van der Waals surface area contributed by atoms with Crippen LogP contribution in [0, 0.1) is 25.2 Å². The molecule has 1 atom stereocenters. The number of benzene rings is 1. The predicted octanol–water partition coefficient (Wildman–Crippen LogP) is 1.80. The predicted molar refractivity (Wildman–Crippen MR) is 65.5 cm³/mol. The Morgan fingerprint density at radius 1 is 1.41 bits per heavy atom. The molecule has 1 aromatic rings. The number of rotatable bonds is 3. The number of nitrogens with one attached hydrogen (secondary N) is 2. The van der Waals surface area contributed by atoms with Gasteiger partial charge in [-0.05, 0) is 25.0 Å². The summed E-state index contributed by atoms with van der Waals surface area (Å²) in [6.07, 6.45) is 0.407. The van der Waals surface area contributed by atoms with Crippen molar-refractivity contribution in [3.63, 3.8) is 0 Å². The Hall–Kier alpha value is -1.86. The molecule has 0 spiro atoms. The monoisotopic (exact) mass is 229 g/mol. The lowest BCUT2D eigenvalue weighted by Crippen LogP contribution is -2.28. The fraction of sp³-hybridized carbons (Fsp3) is 0.385. The second kappa shape index (κ2) is 4.56. The van der Waals surface area contributed by atoms with Crippen molar-refractivity contribution < 1.29 is 4.79 Å². The van der Waals surface area contributed by atoms with E-state index in [9.17, 15) is 4.79 Å². The molecule has 4 heteroatoms. The third-order valence-corrected chi connectivity index (χ3v) is 3.06. The van der Waals surface area contributed by atoms with E-state index >= 15 is 0 Å². The summed E-state index contributed by atoms with van der Waals surface area (Å²) in [4.78, 5) is 11.9. The summed E-state index contributed by atoms with van der Waals surface area (Å²) in [7, 11) is 0. The number of nitrogens with zero attached hydrogens (tertiary/aromatic N) is 1. The molecule has 17 heavy (non-hydrogen) atoms. The van der Waals surface area contributed by atoms with Crippen molar-refractivity contribution in [1.82, 2.24) is 5.32 Å². The van der Waals surface area contributed by atoms with Crippen LogP contribution in [0.4, 0.5) is 5.69 Å². The molecule has 1 heterocycles. The molecule has 0 saturated carbocycles. The van der Waals surface area contributed by atoms with Gasteiger partial charge in [0.15, 0.2) is 0 Å².